The van der Waals surface area contributed by atoms with Crippen molar-refractivity contribution in [2.75, 3.05) is 23.7 Å². The fourth-order valence-electron chi connectivity index (χ4n) is 1.69. The number of anilines is 2. The second-order valence-corrected chi connectivity index (χ2v) is 5.27. The molecule has 0 aliphatic rings. The summed E-state index contributed by atoms with van der Waals surface area (Å²) in [6, 6.07) is 5.48. The fraction of sp³-hybridized carbons (Fsp3) is 0.167. The lowest BCUT2D eigenvalue weighted by Crippen LogP contribution is -2.34. The van der Waals surface area contributed by atoms with E-state index in [0.717, 1.165) is 6.07 Å². The molecule has 1 atom stereocenters. The highest BCUT2D eigenvalue weighted by molar-refractivity contribution is 7.87. The van der Waals surface area contributed by atoms with Crippen LogP contribution in [0.15, 0.2) is 22.8 Å². The maximum absolute atomic E-state index is 13.3. The molecule has 1 unspecified atom stereocenters. The van der Waals surface area contributed by atoms with Crippen molar-refractivity contribution in [3.63, 3.8) is 0 Å². The van der Waals surface area contributed by atoms with Crippen LogP contribution in [0.1, 0.15) is 11.3 Å². The van der Waals surface area contributed by atoms with Crippen molar-refractivity contribution in [1.29, 1.82) is 10.7 Å². The number of aromatic nitrogens is 2. The average Bonchev–Trinajstić information content (AvgIpc) is 3.01. The molecule has 126 valence electrons. The Kier molecular flexibility index (Phi) is 6.04. The average molecular weight is 352 g/mol. The van der Waals surface area contributed by atoms with E-state index in [1.807, 2.05) is 0 Å². The summed E-state index contributed by atoms with van der Waals surface area (Å²) in [5.74, 6) is -0.617. The van der Waals surface area contributed by atoms with E-state index in [-0.39, 0.29) is 22.9 Å². The highest BCUT2D eigenvalue weighted by Crippen LogP contribution is 2.16. The summed E-state index contributed by atoms with van der Waals surface area (Å²) in [6.07, 6.45) is 0. The molecule has 24 heavy (non-hydrogen) atoms. The van der Waals surface area contributed by atoms with Crippen molar-refractivity contribution in [1.82, 2.24) is 15.0 Å². The largest absolute Gasteiger partial charge is 0.579 e. The second-order valence-electron chi connectivity index (χ2n) is 4.39. The van der Waals surface area contributed by atoms with Crippen molar-refractivity contribution >= 4 is 28.9 Å². The number of rotatable bonds is 7. The number of hydrogen-bond donors (Lipinski definition) is 5. The van der Waals surface area contributed by atoms with Crippen molar-refractivity contribution < 1.29 is 13.6 Å². The lowest BCUT2D eigenvalue weighted by Gasteiger charge is -2.08. The van der Waals surface area contributed by atoms with Crippen molar-refractivity contribution in [3.05, 3.63) is 35.3 Å². The molecule has 0 aliphatic carbocycles. The Morgan fingerprint density at radius 2 is 2.25 bits per heavy atom. The molecular formula is C12H13FN8O2S. The predicted molar refractivity (Wildman–Crippen MR) is 84.7 cm³/mol. The lowest BCUT2D eigenvalue weighted by molar-refractivity contribution is 0.308. The van der Waals surface area contributed by atoms with E-state index < -0.39 is 17.4 Å². The van der Waals surface area contributed by atoms with Gasteiger partial charge in [0.25, 0.3) is 0 Å². The summed E-state index contributed by atoms with van der Waals surface area (Å²) in [5.41, 5.74) is 0.282. The van der Waals surface area contributed by atoms with Crippen LogP contribution in [-0.2, 0) is 11.5 Å². The van der Waals surface area contributed by atoms with Gasteiger partial charge in [0.2, 0.25) is 5.82 Å². The van der Waals surface area contributed by atoms with Crippen LogP contribution in [0.25, 0.3) is 0 Å². The quantitative estimate of drug-likeness (QED) is 0.200. The number of nitrogens with zero attached hydrogens (tertiary/aromatic N) is 3. The van der Waals surface area contributed by atoms with Gasteiger partial charge in [-0.3, -0.25) is 5.41 Å². The molecule has 0 bridgehead atoms. The summed E-state index contributed by atoms with van der Waals surface area (Å²) in [4.78, 5) is 0. The standard InChI is InChI=1S/C12H13FN8O2S/c13-9-2-1-8(5-7(9)6-14)19-11(15)10-12(21-23-20-10)17-3-4-18-24(16)22/h1-2,5,18H,3-4,16H2,(H2,15,19)(H,17,21). The van der Waals surface area contributed by atoms with Crippen molar-refractivity contribution in [3.8, 4) is 6.07 Å². The highest BCUT2D eigenvalue weighted by atomic mass is 32.2. The minimum absolute atomic E-state index is 0.0895. The van der Waals surface area contributed by atoms with Crippen LogP contribution >= 0.6 is 0 Å². The second kappa shape index (κ2) is 8.22. The van der Waals surface area contributed by atoms with Gasteiger partial charge in [-0.2, -0.15) is 5.26 Å². The van der Waals surface area contributed by atoms with E-state index in [2.05, 4.69) is 30.3 Å². The van der Waals surface area contributed by atoms with Gasteiger partial charge in [0.15, 0.2) is 11.5 Å². The van der Waals surface area contributed by atoms with Crippen LogP contribution in [0.4, 0.5) is 15.9 Å². The first kappa shape index (κ1) is 17.6. The van der Waals surface area contributed by atoms with Crippen molar-refractivity contribution in [2.45, 2.75) is 0 Å². The Morgan fingerprint density at radius 3 is 2.96 bits per heavy atom. The first-order chi connectivity index (χ1) is 11.5. The molecule has 6 N–H and O–H groups in total. The van der Waals surface area contributed by atoms with Crippen LogP contribution in [0, 0.1) is 22.6 Å². The molecule has 0 saturated heterocycles. The molecule has 0 fully saturated rings. The fourth-order valence-corrected chi connectivity index (χ4v) is 2.00. The van der Waals surface area contributed by atoms with E-state index in [9.17, 15) is 8.94 Å². The van der Waals surface area contributed by atoms with Gasteiger partial charge >= 0.3 is 0 Å². The molecule has 10 nitrogen and oxygen atoms in total. The molecule has 2 aromatic rings. The molecule has 0 aliphatic heterocycles. The van der Waals surface area contributed by atoms with Gasteiger partial charge in [0.1, 0.15) is 23.4 Å². The van der Waals surface area contributed by atoms with E-state index in [1.54, 1.807) is 6.07 Å². The maximum atomic E-state index is 13.3. The van der Waals surface area contributed by atoms with Gasteiger partial charge in [0.05, 0.1) is 12.1 Å². The molecule has 12 heteroatoms. The molecular weight excluding hydrogens is 339 g/mol. The zero-order valence-corrected chi connectivity index (χ0v) is 13.0. The molecule has 1 heterocycles. The van der Waals surface area contributed by atoms with Crippen LogP contribution in [-0.4, -0.2) is 33.8 Å². The number of nitriles is 1. The van der Waals surface area contributed by atoms with Gasteiger partial charge in [-0.25, -0.2) is 9.02 Å². The van der Waals surface area contributed by atoms with Crippen LogP contribution in [0.2, 0.25) is 0 Å². The van der Waals surface area contributed by atoms with Gasteiger partial charge < -0.3 is 15.2 Å². The Hall–Kier alpha value is -2.72. The number of nitrogens with two attached hydrogens (primary N) is 1. The normalized spacial score (nSPS) is 11.6. The first-order valence-corrected chi connectivity index (χ1v) is 7.74. The van der Waals surface area contributed by atoms with E-state index >= 15 is 0 Å². The summed E-state index contributed by atoms with van der Waals surface area (Å²) in [7, 11) is 0. The Morgan fingerprint density at radius 1 is 1.46 bits per heavy atom. The zero-order chi connectivity index (χ0) is 17.5. The van der Waals surface area contributed by atoms with Gasteiger partial charge in [-0.05, 0) is 28.5 Å². The third-order valence-electron chi connectivity index (χ3n) is 2.74. The minimum Gasteiger partial charge on any atom is -0.579 e. The zero-order valence-electron chi connectivity index (χ0n) is 12.2. The molecule has 1 aromatic carbocycles. The SMILES string of the molecule is N#Cc1cc(NC(=N)c2nonc2NCCN[S+](N)[O-])ccc1F. The number of nitrogens with one attached hydrogen (secondary N) is 4. The molecule has 0 saturated carbocycles. The summed E-state index contributed by atoms with van der Waals surface area (Å²) >= 11 is -1.62. The predicted octanol–water partition coefficient (Wildman–Crippen LogP) is 0.0567. The van der Waals surface area contributed by atoms with Crippen molar-refractivity contribution in [2.24, 2.45) is 5.14 Å². The number of hydrogen-bond acceptors (Lipinski definition) is 9. The number of amidine groups is 1. The highest BCUT2D eigenvalue weighted by Gasteiger charge is 2.16. The Labute approximate surface area is 139 Å². The van der Waals surface area contributed by atoms with Gasteiger partial charge in [0, 0.05) is 12.2 Å². The molecule has 0 radical (unpaired) electrons. The van der Waals surface area contributed by atoms with E-state index in [1.165, 1.54) is 12.1 Å². The number of halogens is 1. The Balaban J connectivity index is 2.01. The lowest BCUT2D eigenvalue weighted by atomic mass is 10.2. The summed E-state index contributed by atoms with van der Waals surface area (Å²) in [5, 5.41) is 34.6. The van der Waals surface area contributed by atoms with E-state index in [0.29, 0.717) is 18.8 Å². The summed E-state index contributed by atoms with van der Waals surface area (Å²) in [6.45, 7) is 0.603. The van der Waals surface area contributed by atoms with Gasteiger partial charge in [-0.15, -0.1) is 9.86 Å². The van der Waals surface area contributed by atoms with Crippen LogP contribution in [0.5, 0.6) is 0 Å². The maximum Gasteiger partial charge on any atom is 0.202 e. The van der Waals surface area contributed by atoms with Gasteiger partial charge in [-0.1, -0.05) is 0 Å². The monoisotopic (exact) mass is 352 g/mol. The van der Waals surface area contributed by atoms with Crippen LogP contribution in [0.3, 0.4) is 0 Å². The smallest absolute Gasteiger partial charge is 0.202 e. The molecule has 1 aromatic heterocycles. The molecule has 0 amide bonds. The summed E-state index contributed by atoms with van der Waals surface area (Å²) < 4.78 is 31.0. The third-order valence-corrected chi connectivity index (χ3v) is 3.23. The topological polar surface area (TPSA) is 172 Å². The molecule has 2 rings (SSSR count). The molecule has 0 spiro atoms. The first-order valence-electron chi connectivity index (χ1n) is 6.53. The number of benzene rings is 1. The third kappa shape index (κ3) is 4.64. The van der Waals surface area contributed by atoms with Crippen LogP contribution < -0.4 is 20.5 Å². The van der Waals surface area contributed by atoms with E-state index in [4.69, 9.17) is 15.8 Å². The minimum atomic E-state index is -1.62. The Bertz CT molecular complexity index is 760.